The first-order valence-electron chi connectivity index (χ1n) is 6.50. The average Bonchev–Trinajstić information content (AvgIpc) is 2.80. The summed E-state index contributed by atoms with van der Waals surface area (Å²) in [4.78, 5) is 8.45. The molecule has 0 fully saturated rings. The van der Waals surface area contributed by atoms with E-state index in [4.69, 9.17) is 5.73 Å². The zero-order chi connectivity index (χ0) is 14.8. The van der Waals surface area contributed by atoms with Crippen molar-refractivity contribution < 1.29 is 0 Å². The van der Waals surface area contributed by atoms with E-state index < -0.39 is 0 Å². The molecule has 104 valence electrons. The predicted octanol–water partition coefficient (Wildman–Crippen LogP) is 1.98. The Labute approximate surface area is 121 Å². The largest absolute Gasteiger partial charge is 0.384 e. The minimum absolute atomic E-state index is 0.408. The number of nitrogens with zero attached hydrogens (tertiary/aromatic N) is 4. The molecule has 0 aliphatic carbocycles. The van der Waals surface area contributed by atoms with Crippen LogP contribution < -0.4 is 11.1 Å². The van der Waals surface area contributed by atoms with Gasteiger partial charge in [0.15, 0.2) is 0 Å². The molecule has 0 spiro atoms. The van der Waals surface area contributed by atoms with Crippen molar-refractivity contribution in [2.45, 2.75) is 6.54 Å². The second kappa shape index (κ2) is 5.13. The highest BCUT2D eigenvalue weighted by molar-refractivity contribution is 5.97. The van der Waals surface area contributed by atoms with Crippen molar-refractivity contribution in [3.05, 3.63) is 47.8 Å². The number of fused-ring (bicyclic) bond motifs is 1. The molecule has 0 bridgehead atoms. The fraction of sp³-hybridized carbons (Fsp3) is 0.133. The lowest BCUT2D eigenvalue weighted by Gasteiger charge is -2.07. The third-order valence-electron chi connectivity index (χ3n) is 3.41. The number of rotatable bonds is 3. The van der Waals surface area contributed by atoms with Gasteiger partial charge in [0.25, 0.3) is 0 Å². The molecule has 0 amide bonds. The van der Waals surface area contributed by atoms with Crippen molar-refractivity contribution in [3.63, 3.8) is 0 Å². The highest BCUT2D eigenvalue weighted by Crippen LogP contribution is 2.31. The van der Waals surface area contributed by atoms with Crippen LogP contribution in [0.4, 0.5) is 11.6 Å². The molecule has 2 aromatic heterocycles. The fourth-order valence-electron chi connectivity index (χ4n) is 2.42. The van der Waals surface area contributed by atoms with Crippen molar-refractivity contribution in [1.29, 1.82) is 5.26 Å². The Morgan fingerprint density at radius 1 is 1.29 bits per heavy atom. The van der Waals surface area contributed by atoms with E-state index in [0.29, 0.717) is 34.8 Å². The number of anilines is 2. The van der Waals surface area contributed by atoms with Gasteiger partial charge in [-0.05, 0) is 5.56 Å². The first-order chi connectivity index (χ1) is 10.3. The Kier molecular flexibility index (Phi) is 3.16. The second-order valence-electron chi connectivity index (χ2n) is 4.61. The smallest absolute Gasteiger partial charge is 0.148 e. The molecule has 0 saturated carbocycles. The van der Waals surface area contributed by atoms with Gasteiger partial charge in [0.05, 0.1) is 11.9 Å². The van der Waals surface area contributed by atoms with Crippen LogP contribution in [-0.4, -0.2) is 21.6 Å². The fourth-order valence-corrected chi connectivity index (χ4v) is 2.42. The standard InChI is InChI=1S/C15H14N6/c1-18-14-12-11(7-16)13(17)21(15(12)20-9-19-14)8-10-5-3-2-4-6-10/h2-6,9H,8,17H2,1H3,(H,18,19,20). The number of hydrogen-bond donors (Lipinski definition) is 2. The normalized spacial score (nSPS) is 10.5. The molecule has 0 atom stereocenters. The second-order valence-corrected chi connectivity index (χ2v) is 4.61. The Balaban J connectivity index is 2.24. The number of hydrogen-bond acceptors (Lipinski definition) is 5. The molecule has 6 nitrogen and oxygen atoms in total. The monoisotopic (exact) mass is 278 g/mol. The Morgan fingerprint density at radius 2 is 2.05 bits per heavy atom. The van der Waals surface area contributed by atoms with Gasteiger partial charge in [-0.1, -0.05) is 30.3 Å². The van der Waals surface area contributed by atoms with Crippen molar-refractivity contribution in [2.75, 3.05) is 18.1 Å². The molecular weight excluding hydrogens is 264 g/mol. The topological polar surface area (TPSA) is 92.6 Å². The van der Waals surface area contributed by atoms with E-state index in [1.54, 1.807) is 7.05 Å². The Morgan fingerprint density at radius 3 is 2.71 bits per heavy atom. The highest BCUT2D eigenvalue weighted by atomic mass is 15.1. The van der Waals surface area contributed by atoms with E-state index in [2.05, 4.69) is 21.4 Å². The van der Waals surface area contributed by atoms with E-state index in [0.717, 1.165) is 5.56 Å². The molecule has 0 unspecified atom stereocenters. The lowest BCUT2D eigenvalue weighted by atomic mass is 10.2. The maximum Gasteiger partial charge on any atom is 0.148 e. The van der Waals surface area contributed by atoms with E-state index in [-0.39, 0.29) is 0 Å². The zero-order valence-electron chi connectivity index (χ0n) is 11.5. The molecule has 21 heavy (non-hydrogen) atoms. The maximum absolute atomic E-state index is 9.39. The van der Waals surface area contributed by atoms with Gasteiger partial charge in [0, 0.05) is 7.05 Å². The van der Waals surface area contributed by atoms with Crippen LogP contribution in [0, 0.1) is 11.3 Å². The minimum Gasteiger partial charge on any atom is -0.384 e. The van der Waals surface area contributed by atoms with Crippen LogP contribution in [0.15, 0.2) is 36.7 Å². The molecule has 0 radical (unpaired) electrons. The van der Waals surface area contributed by atoms with Crippen LogP contribution in [0.5, 0.6) is 0 Å². The van der Waals surface area contributed by atoms with Crippen molar-refractivity contribution in [2.24, 2.45) is 0 Å². The molecule has 2 heterocycles. The van der Waals surface area contributed by atoms with E-state index in [1.165, 1.54) is 6.33 Å². The molecule has 3 aromatic rings. The number of nitriles is 1. The number of nitrogens with two attached hydrogens (primary N) is 1. The lowest BCUT2D eigenvalue weighted by Crippen LogP contribution is -2.05. The van der Waals surface area contributed by atoms with Crippen LogP contribution in [-0.2, 0) is 6.54 Å². The SMILES string of the molecule is CNc1ncnc2c1c(C#N)c(N)n2Cc1ccccc1. The molecule has 0 saturated heterocycles. The van der Waals surface area contributed by atoms with Gasteiger partial charge in [-0.3, -0.25) is 0 Å². The molecule has 3 N–H and O–H groups in total. The van der Waals surface area contributed by atoms with Crippen molar-refractivity contribution >= 4 is 22.7 Å². The van der Waals surface area contributed by atoms with Gasteiger partial charge in [-0.15, -0.1) is 0 Å². The van der Waals surface area contributed by atoms with Crippen LogP contribution in [0.3, 0.4) is 0 Å². The minimum atomic E-state index is 0.408. The number of nitrogen functional groups attached to an aromatic ring is 1. The lowest BCUT2D eigenvalue weighted by molar-refractivity contribution is 0.834. The van der Waals surface area contributed by atoms with Crippen LogP contribution >= 0.6 is 0 Å². The number of benzene rings is 1. The van der Waals surface area contributed by atoms with E-state index in [9.17, 15) is 5.26 Å². The molecule has 3 rings (SSSR count). The zero-order valence-corrected chi connectivity index (χ0v) is 11.5. The summed E-state index contributed by atoms with van der Waals surface area (Å²) < 4.78 is 1.84. The van der Waals surface area contributed by atoms with Crippen LogP contribution in [0.1, 0.15) is 11.1 Å². The summed E-state index contributed by atoms with van der Waals surface area (Å²) in [5.74, 6) is 1.02. The summed E-state index contributed by atoms with van der Waals surface area (Å²) in [6.45, 7) is 0.561. The summed E-state index contributed by atoms with van der Waals surface area (Å²) in [6.07, 6.45) is 1.47. The average molecular weight is 278 g/mol. The first-order valence-corrected chi connectivity index (χ1v) is 6.50. The van der Waals surface area contributed by atoms with Gasteiger partial charge < -0.3 is 15.6 Å². The summed E-state index contributed by atoms with van der Waals surface area (Å²) in [5.41, 5.74) is 8.30. The van der Waals surface area contributed by atoms with Crippen molar-refractivity contribution in [3.8, 4) is 6.07 Å². The molecule has 6 heteroatoms. The summed E-state index contributed by atoms with van der Waals surface area (Å²) >= 11 is 0. The third-order valence-corrected chi connectivity index (χ3v) is 3.41. The van der Waals surface area contributed by atoms with Gasteiger partial charge in [0.1, 0.15) is 35.2 Å². The van der Waals surface area contributed by atoms with Gasteiger partial charge in [-0.2, -0.15) is 5.26 Å². The number of aromatic nitrogens is 3. The Hall–Kier alpha value is -3.07. The molecule has 0 aliphatic rings. The summed E-state index contributed by atoms with van der Waals surface area (Å²) in [5, 5.41) is 13.0. The quantitative estimate of drug-likeness (QED) is 0.764. The van der Waals surface area contributed by atoms with Gasteiger partial charge >= 0.3 is 0 Å². The summed E-state index contributed by atoms with van der Waals surface area (Å²) in [6, 6.07) is 12.1. The predicted molar refractivity (Wildman–Crippen MR) is 81.7 cm³/mol. The Bertz CT molecular complexity index is 829. The van der Waals surface area contributed by atoms with E-state index in [1.807, 2.05) is 34.9 Å². The summed E-state index contributed by atoms with van der Waals surface area (Å²) in [7, 11) is 1.76. The number of nitrogens with one attached hydrogen (secondary N) is 1. The van der Waals surface area contributed by atoms with Crippen LogP contribution in [0.25, 0.3) is 11.0 Å². The third kappa shape index (κ3) is 2.05. The van der Waals surface area contributed by atoms with E-state index >= 15 is 0 Å². The van der Waals surface area contributed by atoms with Crippen LogP contribution in [0.2, 0.25) is 0 Å². The first kappa shape index (κ1) is 12.9. The highest BCUT2D eigenvalue weighted by Gasteiger charge is 2.19. The molecule has 0 aliphatic heterocycles. The maximum atomic E-state index is 9.39. The van der Waals surface area contributed by atoms with Gasteiger partial charge in [-0.25, -0.2) is 9.97 Å². The molecule has 1 aromatic carbocycles. The van der Waals surface area contributed by atoms with Gasteiger partial charge in [0.2, 0.25) is 0 Å². The molecular formula is C15H14N6. The van der Waals surface area contributed by atoms with Crippen molar-refractivity contribution in [1.82, 2.24) is 14.5 Å².